The molecule has 112 valence electrons. The van der Waals surface area contributed by atoms with Gasteiger partial charge in [-0.25, -0.2) is 9.97 Å². The zero-order valence-corrected chi connectivity index (χ0v) is 12.2. The third-order valence-electron chi connectivity index (χ3n) is 2.51. The molecule has 0 aliphatic carbocycles. The molecule has 2 rings (SSSR count). The van der Waals surface area contributed by atoms with Crippen molar-refractivity contribution in [2.45, 2.75) is 27.0 Å². The van der Waals surface area contributed by atoms with Crippen LogP contribution in [0.3, 0.4) is 0 Å². The molecule has 1 amide bonds. The maximum Gasteiger partial charge on any atom is 0.248 e. The first kappa shape index (κ1) is 16.6. The van der Waals surface area contributed by atoms with Crippen LogP contribution in [0, 0.1) is 0 Å². The Morgan fingerprint density at radius 3 is 2.67 bits per heavy atom. The van der Waals surface area contributed by atoms with Crippen molar-refractivity contribution in [2.24, 2.45) is 11.5 Å². The van der Waals surface area contributed by atoms with Gasteiger partial charge in [0, 0.05) is 18.2 Å². The van der Waals surface area contributed by atoms with Crippen LogP contribution in [0.25, 0.3) is 0 Å². The molecular formula is C15H20N4O2. The number of primary amides is 1. The molecule has 0 fully saturated rings. The molecule has 4 N–H and O–H groups in total. The van der Waals surface area contributed by atoms with Gasteiger partial charge in [0.05, 0.1) is 5.69 Å². The van der Waals surface area contributed by atoms with E-state index in [-0.39, 0.29) is 0 Å². The number of nitrogens with zero attached hydrogens (tertiary/aromatic N) is 2. The van der Waals surface area contributed by atoms with Crippen LogP contribution in [-0.2, 0) is 13.2 Å². The average Bonchev–Trinajstić information content (AvgIpc) is 2.55. The summed E-state index contributed by atoms with van der Waals surface area (Å²) in [5.74, 6) is -0.0192. The second kappa shape index (κ2) is 8.65. The molecule has 2 aromatic rings. The summed E-state index contributed by atoms with van der Waals surface area (Å²) in [4.78, 5) is 19.0. The van der Waals surface area contributed by atoms with Crippen molar-refractivity contribution in [2.75, 3.05) is 0 Å². The molecule has 0 radical (unpaired) electrons. The molecule has 1 aromatic heterocycles. The second-order valence-electron chi connectivity index (χ2n) is 3.91. The van der Waals surface area contributed by atoms with Crippen LogP contribution < -0.4 is 16.2 Å². The van der Waals surface area contributed by atoms with Gasteiger partial charge >= 0.3 is 0 Å². The summed E-state index contributed by atoms with van der Waals surface area (Å²) in [6.07, 6.45) is 1.40. The molecule has 0 aliphatic rings. The van der Waals surface area contributed by atoms with Gasteiger partial charge in [0.15, 0.2) is 0 Å². The number of rotatable bonds is 5. The van der Waals surface area contributed by atoms with E-state index in [0.717, 1.165) is 5.56 Å². The van der Waals surface area contributed by atoms with Crippen molar-refractivity contribution in [3.8, 4) is 5.88 Å². The van der Waals surface area contributed by atoms with Gasteiger partial charge in [-0.3, -0.25) is 4.79 Å². The molecule has 0 saturated carbocycles. The summed E-state index contributed by atoms with van der Waals surface area (Å²) in [5.41, 5.74) is 12.7. The third kappa shape index (κ3) is 5.19. The topological polar surface area (TPSA) is 104 Å². The van der Waals surface area contributed by atoms with Gasteiger partial charge in [0.2, 0.25) is 11.8 Å². The van der Waals surface area contributed by atoms with Gasteiger partial charge in [-0.1, -0.05) is 26.0 Å². The van der Waals surface area contributed by atoms with E-state index < -0.39 is 5.91 Å². The zero-order valence-electron chi connectivity index (χ0n) is 12.2. The van der Waals surface area contributed by atoms with Crippen LogP contribution in [0.1, 0.15) is 35.5 Å². The Bertz CT molecular complexity index is 587. The first-order chi connectivity index (χ1) is 10.2. The highest BCUT2D eigenvalue weighted by Gasteiger charge is 2.03. The molecule has 0 aliphatic heterocycles. The number of aromatic nitrogens is 2. The highest BCUT2D eigenvalue weighted by atomic mass is 16.5. The molecule has 0 unspecified atom stereocenters. The predicted molar refractivity (Wildman–Crippen MR) is 80.6 cm³/mol. The predicted octanol–water partition coefficient (Wildman–Crippen LogP) is 1.64. The summed E-state index contributed by atoms with van der Waals surface area (Å²) >= 11 is 0. The molecule has 1 aromatic carbocycles. The summed E-state index contributed by atoms with van der Waals surface area (Å²) in [5, 5.41) is 0. The maximum absolute atomic E-state index is 11.1. The fourth-order valence-corrected chi connectivity index (χ4v) is 1.54. The number of hydrogen-bond acceptors (Lipinski definition) is 5. The Kier molecular flexibility index (Phi) is 6.83. The quantitative estimate of drug-likeness (QED) is 0.870. The summed E-state index contributed by atoms with van der Waals surface area (Å²) < 4.78 is 5.51. The van der Waals surface area contributed by atoms with E-state index in [9.17, 15) is 4.79 Å². The lowest BCUT2D eigenvalue weighted by atomic mass is 10.1. The first-order valence-corrected chi connectivity index (χ1v) is 6.71. The van der Waals surface area contributed by atoms with Gasteiger partial charge in [-0.2, -0.15) is 0 Å². The van der Waals surface area contributed by atoms with Gasteiger partial charge in [0.1, 0.15) is 12.9 Å². The van der Waals surface area contributed by atoms with E-state index in [0.29, 0.717) is 30.3 Å². The van der Waals surface area contributed by atoms with E-state index in [1.54, 1.807) is 24.3 Å². The molecule has 6 nitrogen and oxygen atoms in total. The molecule has 0 bridgehead atoms. The van der Waals surface area contributed by atoms with E-state index in [1.807, 2.05) is 19.9 Å². The highest BCUT2D eigenvalue weighted by Crippen LogP contribution is 2.11. The van der Waals surface area contributed by atoms with E-state index in [2.05, 4.69) is 9.97 Å². The highest BCUT2D eigenvalue weighted by molar-refractivity contribution is 5.92. The SMILES string of the molecule is CC.NCc1cc(OCc2cccc(C(N)=O)c2)ncn1. The monoisotopic (exact) mass is 288 g/mol. The summed E-state index contributed by atoms with van der Waals surface area (Å²) in [6.45, 7) is 4.62. The molecule has 0 saturated heterocycles. The van der Waals surface area contributed by atoms with Crippen LogP contribution >= 0.6 is 0 Å². The summed E-state index contributed by atoms with van der Waals surface area (Å²) in [6, 6.07) is 8.62. The smallest absolute Gasteiger partial charge is 0.248 e. The van der Waals surface area contributed by atoms with E-state index in [4.69, 9.17) is 16.2 Å². The number of benzene rings is 1. The average molecular weight is 288 g/mol. The molecular weight excluding hydrogens is 268 g/mol. The van der Waals surface area contributed by atoms with Crippen LogP contribution in [-0.4, -0.2) is 15.9 Å². The molecule has 1 heterocycles. The molecule has 0 spiro atoms. The summed E-state index contributed by atoms with van der Waals surface area (Å²) in [7, 11) is 0. The number of hydrogen-bond donors (Lipinski definition) is 2. The van der Waals surface area contributed by atoms with Crippen molar-refractivity contribution < 1.29 is 9.53 Å². The lowest BCUT2D eigenvalue weighted by Gasteiger charge is -2.06. The third-order valence-corrected chi connectivity index (χ3v) is 2.51. The van der Waals surface area contributed by atoms with Crippen molar-refractivity contribution in [3.63, 3.8) is 0 Å². The van der Waals surface area contributed by atoms with E-state index in [1.165, 1.54) is 6.33 Å². The number of carbonyl (C=O) groups is 1. The number of ether oxygens (including phenoxy) is 1. The number of carbonyl (C=O) groups excluding carboxylic acids is 1. The standard InChI is InChI=1S/C13H14N4O2.C2H6/c14-6-11-5-12(17-8-16-11)19-7-9-2-1-3-10(4-9)13(15)18;1-2/h1-5,8H,6-7,14H2,(H2,15,18);1-2H3. The minimum Gasteiger partial charge on any atom is -0.473 e. The van der Waals surface area contributed by atoms with E-state index >= 15 is 0 Å². The number of amides is 1. The van der Waals surface area contributed by atoms with Crippen LogP contribution in [0.15, 0.2) is 36.7 Å². The van der Waals surface area contributed by atoms with Gasteiger partial charge in [-0.05, 0) is 17.7 Å². The Morgan fingerprint density at radius 1 is 1.24 bits per heavy atom. The lowest BCUT2D eigenvalue weighted by Crippen LogP contribution is -2.11. The second-order valence-corrected chi connectivity index (χ2v) is 3.91. The zero-order chi connectivity index (χ0) is 15.7. The van der Waals surface area contributed by atoms with Gasteiger partial charge in [-0.15, -0.1) is 0 Å². The van der Waals surface area contributed by atoms with Crippen molar-refractivity contribution >= 4 is 5.91 Å². The maximum atomic E-state index is 11.1. The fraction of sp³-hybridized carbons (Fsp3) is 0.267. The first-order valence-electron chi connectivity index (χ1n) is 6.71. The van der Waals surface area contributed by atoms with Crippen molar-refractivity contribution in [1.29, 1.82) is 0 Å². The molecule has 0 atom stereocenters. The normalized spacial score (nSPS) is 9.48. The van der Waals surface area contributed by atoms with Gasteiger partial charge < -0.3 is 16.2 Å². The minimum atomic E-state index is -0.464. The van der Waals surface area contributed by atoms with Gasteiger partial charge in [0.25, 0.3) is 0 Å². The van der Waals surface area contributed by atoms with Crippen LogP contribution in [0.2, 0.25) is 0 Å². The molecule has 6 heteroatoms. The lowest BCUT2D eigenvalue weighted by molar-refractivity contribution is 0.1000. The molecule has 21 heavy (non-hydrogen) atoms. The largest absolute Gasteiger partial charge is 0.473 e. The minimum absolute atomic E-state index is 0.294. The Labute approximate surface area is 124 Å². The Balaban J connectivity index is 0.00000106. The van der Waals surface area contributed by atoms with Crippen LogP contribution in [0.4, 0.5) is 0 Å². The van der Waals surface area contributed by atoms with Crippen LogP contribution in [0.5, 0.6) is 5.88 Å². The van der Waals surface area contributed by atoms with Crippen molar-refractivity contribution in [3.05, 3.63) is 53.5 Å². The van der Waals surface area contributed by atoms with Crippen molar-refractivity contribution in [1.82, 2.24) is 9.97 Å². The Hall–Kier alpha value is -2.47. The Morgan fingerprint density at radius 2 is 2.00 bits per heavy atom. The number of nitrogens with two attached hydrogens (primary N) is 2. The fourth-order valence-electron chi connectivity index (χ4n) is 1.54.